The zero-order valence-electron chi connectivity index (χ0n) is 73.3. The summed E-state index contributed by atoms with van der Waals surface area (Å²) in [4.78, 5) is 17.8. The van der Waals surface area contributed by atoms with Crippen molar-refractivity contribution in [2.45, 2.75) is 101 Å². The highest BCUT2D eigenvalue weighted by Crippen LogP contribution is 2.39. The molecule has 7 saturated heterocycles. The molecule has 7 aliphatic rings. The maximum Gasteiger partial charge on any atom is 0.240 e. The molecule has 4 aromatic carbocycles. The number of rotatable bonds is 21. The Morgan fingerprint density at radius 1 is 0.366 bits per heavy atom. The first-order valence-electron chi connectivity index (χ1n) is 44.4. The lowest BCUT2D eigenvalue weighted by atomic mass is 10.2. The first kappa shape index (κ1) is 88.0. The molecule has 0 spiro atoms. The number of H-pyrrole nitrogens is 1. The van der Waals surface area contributed by atoms with Crippen LogP contribution in [0, 0.1) is 0 Å². The summed E-state index contributed by atoms with van der Waals surface area (Å²) in [7, 11) is 7.59. The lowest BCUT2D eigenvalue weighted by Gasteiger charge is -2.22. The van der Waals surface area contributed by atoms with Crippen molar-refractivity contribution in [2.24, 2.45) is 28.2 Å². The minimum Gasteiger partial charge on any atom is -0.473 e. The highest BCUT2D eigenvalue weighted by Gasteiger charge is 2.29. The minimum absolute atomic E-state index is 0.0282. The van der Waals surface area contributed by atoms with E-state index in [-0.39, 0.29) is 43.1 Å². The van der Waals surface area contributed by atoms with Crippen LogP contribution in [0.1, 0.15) is 76.5 Å². The molecular weight excluding hydrogens is 1750 g/mol. The maximum absolute atomic E-state index is 5.97. The van der Waals surface area contributed by atoms with Gasteiger partial charge in [-0.2, -0.15) is 10.2 Å². The number of aromatic amines is 1. The van der Waals surface area contributed by atoms with E-state index in [0.717, 1.165) is 192 Å². The predicted octanol–water partition coefficient (Wildman–Crippen LogP) is 13.3. The van der Waals surface area contributed by atoms with Gasteiger partial charge in [-0.3, -0.25) is 23.8 Å². The molecule has 0 amide bonds. The van der Waals surface area contributed by atoms with Gasteiger partial charge < -0.3 is 92.7 Å². The smallest absolute Gasteiger partial charge is 0.240 e. The molecule has 19 heterocycles. The first-order valence-corrected chi connectivity index (χ1v) is 45.2. The van der Waals surface area contributed by atoms with E-state index in [0.29, 0.717) is 141 Å². The van der Waals surface area contributed by atoms with E-state index >= 15 is 0 Å². The van der Waals surface area contributed by atoms with E-state index in [4.69, 9.17) is 87.0 Å². The Hall–Kier alpha value is -12.3. The standard InChI is InChI=1S/2C24H28N6O4.C19H20N6O3.C13H17N3O3.C11H12BrN3O/c2*1-29-20-13-16(7-8-18(20)24(28-29)34-15-17-14-31-11-12-32-17)26-22-19-5-4-9-25-23(19)30(27-22)21-6-2-3-10-33-21;1-25-16-9-12(21-18-15-3-2-6-20-17(15)22-23-18)4-5-14(16)19(24-25)28-11-13-10-26-7-8-27-13;1-16-12-6-9(14)2-3-11(12)13(15-16)19-8-10-7-17-4-5-18-10;12-10-8-4-3-6-13-11(8)15(14-10)9-5-1-2-7-16-9/h2*4-5,7-9,13,17,21H,2-3,6,10-12,14-15H2,1H3,(H,26,27);2-6,9,13H,7-8,10-11H2,1H3,(H2,20,21,22,23);2-3,6,10H,4-5,7-8,14H2,1H3;3-4,6,9H,1-2,5,7H2. The Bertz CT molecular complexity index is 6330. The van der Waals surface area contributed by atoms with E-state index in [9.17, 15) is 0 Å². The number of hydrogen-bond acceptors (Lipinski definition) is 31. The van der Waals surface area contributed by atoms with Crippen LogP contribution in [-0.4, -0.2) is 249 Å². The molecule has 6 N–H and O–H groups in total. The number of nitrogens with zero attached hydrogens (tertiary/aromatic N) is 19. The molecular formula is C91H105BrN24O15. The Labute approximate surface area is 760 Å². The van der Waals surface area contributed by atoms with Crippen LogP contribution in [0.5, 0.6) is 23.5 Å². The topological polar surface area (TPSA) is 406 Å². The molecule has 7 atom stereocenters. The number of fused-ring (bicyclic) bond motifs is 8. The maximum atomic E-state index is 5.97. The second-order valence-corrected chi connectivity index (χ2v) is 33.2. The van der Waals surface area contributed by atoms with Crippen LogP contribution in [0.25, 0.3) is 87.7 Å². The average molecular weight is 1850 g/mol. The molecule has 16 aromatic rings. The molecule has 39 nitrogen and oxygen atoms in total. The molecule has 0 saturated carbocycles. The molecule has 0 bridgehead atoms. The number of ether oxygens (including phenoxy) is 15. The van der Waals surface area contributed by atoms with Gasteiger partial charge in [0.05, 0.1) is 144 Å². The third-order valence-corrected chi connectivity index (χ3v) is 23.8. The number of benzene rings is 4. The van der Waals surface area contributed by atoms with Crippen molar-refractivity contribution in [3.05, 3.63) is 151 Å². The minimum atomic E-state index is -0.0838. The summed E-state index contributed by atoms with van der Waals surface area (Å²) >= 11 is 3.46. The normalized spacial score (nSPS) is 20.2. The van der Waals surface area contributed by atoms with Crippen LogP contribution < -0.4 is 40.6 Å². The van der Waals surface area contributed by atoms with Gasteiger partial charge in [0.15, 0.2) is 52.9 Å². The largest absolute Gasteiger partial charge is 0.473 e. The summed E-state index contributed by atoms with van der Waals surface area (Å²) in [6, 6.07) is 39.5. The van der Waals surface area contributed by atoms with Gasteiger partial charge in [-0.25, -0.2) is 34.0 Å². The molecule has 0 radical (unpaired) electrons. The van der Waals surface area contributed by atoms with Gasteiger partial charge in [-0.1, -0.05) is 0 Å². The summed E-state index contributed by atoms with van der Waals surface area (Å²) < 4.78 is 99.1. The van der Waals surface area contributed by atoms with Gasteiger partial charge >= 0.3 is 0 Å². The lowest BCUT2D eigenvalue weighted by Crippen LogP contribution is -2.33. The summed E-state index contributed by atoms with van der Waals surface area (Å²) in [5.41, 5.74) is 16.3. The summed E-state index contributed by atoms with van der Waals surface area (Å²) in [5, 5.41) is 57.3. The SMILES string of the molecule is Brc1nn(C2CCCCO2)c2ncccc12.Cn1nc(OCC2COCCO2)c2ccc(N)cc21.Cn1nc(OCC2COCCO2)c2ccc(Nc3[nH]nc4ncccc34)cc21.Cn1nc(OCC2COCCO2)c2ccc(Nc3nn(C4CCCCO4)c4ncccc34)cc21.Cn1nc(OCC2COCCO2)c2ccc(Nc3nn(C4CCCCO4)c4ncccc34)cc21. The number of pyridine rings is 4. The Morgan fingerprint density at radius 3 is 1.10 bits per heavy atom. The lowest BCUT2D eigenvalue weighted by molar-refractivity contribution is -0.101. The predicted molar refractivity (Wildman–Crippen MR) is 492 cm³/mol. The van der Waals surface area contributed by atoms with Gasteiger partial charge in [0.25, 0.3) is 0 Å². The van der Waals surface area contributed by atoms with Gasteiger partial charge in [-0.05, 0) is 195 Å². The number of nitrogen functional groups attached to an aromatic ring is 1. The Kier molecular flexibility index (Phi) is 27.8. The molecule has 0 aliphatic carbocycles. The fourth-order valence-corrected chi connectivity index (χ4v) is 17.1. The molecule has 7 aliphatic heterocycles. The molecule has 7 unspecified atom stereocenters. The highest BCUT2D eigenvalue weighted by molar-refractivity contribution is 9.10. The van der Waals surface area contributed by atoms with Crippen molar-refractivity contribution in [3.63, 3.8) is 0 Å². The van der Waals surface area contributed by atoms with E-state index in [1.807, 2.05) is 173 Å². The molecule has 23 rings (SSSR count). The number of nitrogens with two attached hydrogens (primary N) is 1. The fraction of sp³-hybridized carbons (Fsp3) is 0.429. The fourth-order valence-electron chi connectivity index (χ4n) is 16.6. The van der Waals surface area contributed by atoms with Crippen molar-refractivity contribution in [1.82, 2.24) is 98.6 Å². The third kappa shape index (κ3) is 20.6. The van der Waals surface area contributed by atoms with Crippen molar-refractivity contribution in [2.75, 3.05) is 147 Å². The Balaban J connectivity index is 0.000000109. The van der Waals surface area contributed by atoms with Crippen molar-refractivity contribution < 1.29 is 71.1 Å². The van der Waals surface area contributed by atoms with Crippen LogP contribution in [0.4, 0.5) is 40.2 Å². The molecule has 7 fully saturated rings. The van der Waals surface area contributed by atoms with Crippen LogP contribution in [0.3, 0.4) is 0 Å². The van der Waals surface area contributed by atoms with E-state index < -0.39 is 0 Å². The van der Waals surface area contributed by atoms with Crippen LogP contribution >= 0.6 is 15.9 Å². The molecule has 686 valence electrons. The zero-order chi connectivity index (χ0) is 88.9. The number of nitrogens with one attached hydrogen (secondary N) is 4. The molecule has 40 heteroatoms. The quantitative estimate of drug-likeness (QED) is 0.0417. The van der Waals surface area contributed by atoms with E-state index in [1.165, 1.54) is 6.42 Å². The zero-order valence-corrected chi connectivity index (χ0v) is 74.9. The van der Waals surface area contributed by atoms with Crippen molar-refractivity contribution >= 4 is 144 Å². The number of anilines is 7. The summed E-state index contributed by atoms with van der Waals surface area (Å²) in [6.07, 6.45) is 16.4. The summed E-state index contributed by atoms with van der Waals surface area (Å²) in [5.74, 6) is 4.68. The number of halogens is 1. The summed E-state index contributed by atoms with van der Waals surface area (Å²) in [6.45, 7) is 11.2. The van der Waals surface area contributed by atoms with Gasteiger partial charge in [0.2, 0.25) is 23.5 Å². The van der Waals surface area contributed by atoms with Crippen molar-refractivity contribution in [1.29, 1.82) is 0 Å². The van der Waals surface area contributed by atoms with Gasteiger partial charge in [-0.15, -0.1) is 30.6 Å². The van der Waals surface area contributed by atoms with Gasteiger partial charge in [0.1, 0.15) is 61.3 Å². The first-order chi connectivity index (χ1) is 64.4. The van der Waals surface area contributed by atoms with Crippen molar-refractivity contribution in [3.8, 4) is 23.5 Å². The number of aryl methyl sites for hydroxylation is 4. The van der Waals surface area contributed by atoms with E-state index in [1.54, 1.807) is 34.2 Å². The second kappa shape index (κ2) is 41.4. The molecule has 12 aromatic heterocycles. The van der Waals surface area contributed by atoms with Gasteiger partial charge in [0, 0.05) is 95.5 Å². The highest BCUT2D eigenvalue weighted by atomic mass is 79.9. The third-order valence-electron chi connectivity index (χ3n) is 23.2. The number of aromatic nitrogens is 20. The Morgan fingerprint density at radius 2 is 0.718 bits per heavy atom. The second-order valence-electron chi connectivity index (χ2n) is 32.5. The van der Waals surface area contributed by atoms with Crippen LogP contribution in [0.2, 0.25) is 0 Å². The average Bonchev–Trinajstić information content (AvgIpc) is 1.63. The molecule has 131 heavy (non-hydrogen) atoms. The monoisotopic (exact) mass is 1850 g/mol. The van der Waals surface area contributed by atoms with Crippen LogP contribution in [-0.2, 0) is 80.3 Å². The van der Waals surface area contributed by atoms with Crippen LogP contribution in [0.15, 0.2) is 151 Å². The van der Waals surface area contributed by atoms with E-state index in [2.05, 4.69) is 87.5 Å². The number of hydrogen-bond donors (Lipinski definition) is 5.